The molecule has 0 heterocycles. The maximum atomic E-state index is 4.25. The van der Waals surface area contributed by atoms with Crippen molar-refractivity contribution in [2.45, 2.75) is 39.0 Å². The first kappa shape index (κ1) is 14.9. The Bertz CT molecular complexity index is 638. The minimum Gasteiger partial charge on any atom is -0.0901 e. The molecule has 2 aromatic rings. The third kappa shape index (κ3) is 3.34. The molecule has 0 N–H and O–H groups in total. The molecule has 0 spiro atoms. The van der Waals surface area contributed by atoms with Crippen LogP contribution in [0.3, 0.4) is 0 Å². The van der Waals surface area contributed by atoms with Crippen LogP contribution in [0.15, 0.2) is 47.9 Å². The van der Waals surface area contributed by atoms with Crippen molar-refractivity contribution in [2.75, 3.05) is 0 Å². The number of aryl methyl sites for hydroxylation is 4. The van der Waals surface area contributed by atoms with Crippen molar-refractivity contribution in [1.29, 1.82) is 0 Å². The highest BCUT2D eigenvalue weighted by Crippen LogP contribution is 2.35. The van der Waals surface area contributed by atoms with Crippen molar-refractivity contribution in [3.05, 3.63) is 70.8 Å². The first-order valence-corrected chi connectivity index (χ1v) is 7.87. The topological polar surface area (TPSA) is 0 Å². The monoisotopic (exact) mass is 282 g/mol. The van der Waals surface area contributed by atoms with E-state index >= 15 is 0 Å². The van der Waals surface area contributed by atoms with Crippen LogP contribution in [0.2, 0.25) is 0 Å². The SMILES string of the molecule is C=C(Sc1ccc(C)c(C)c1)c1ccc(CC)cc1C. The fourth-order valence-corrected chi connectivity index (χ4v) is 3.23. The Morgan fingerprint density at radius 2 is 1.70 bits per heavy atom. The second-order valence-electron chi connectivity index (χ2n) is 5.27. The van der Waals surface area contributed by atoms with Crippen LogP contribution in [0.4, 0.5) is 0 Å². The molecule has 0 fully saturated rings. The van der Waals surface area contributed by atoms with Crippen LogP contribution >= 0.6 is 11.8 Å². The van der Waals surface area contributed by atoms with E-state index in [4.69, 9.17) is 0 Å². The lowest BCUT2D eigenvalue weighted by Crippen LogP contribution is -1.89. The van der Waals surface area contributed by atoms with E-state index in [1.165, 1.54) is 32.7 Å². The Kier molecular flexibility index (Phi) is 4.72. The Balaban J connectivity index is 2.21. The largest absolute Gasteiger partial charge is 0.0901 e. The van der Waals surface area contributed by atoms with Crippen LogP contribution < -0.4 is 0 Å². The maximum absolute atomic E-state index is 4.25. The standard InChI is InChI=1S/C19H22S/c1-6-17-8-10-19(15(4)11-17)16(5)20-18-9-7-13(2)14(3)12-18/h7-12H,5-6H2,1-4H3. The normalized spacial score (nSPS) is 10.6. The van der Waals surface area contributed by atoms with Gasteiger partial charge in [0.15, 0.2) is 0 Å². The van der Waals surface area contributed by atoms with Gasteiger partial charge in [0.05, 0.1) is 0 Å². The minimum atomic E-state index is 1.08. The number of hydrogen-bond acceptors (Lipinski definition) is 1. The zero-order chi connectivity index (χ0) is 14.7. The second-order valence-corrected chi connectivity index (χ2v) is 6.44. The minimum absolute atomic E-state index is 1.08. The predicted octanol–water partition coefficient (Wildman–Crippen LogP) is 5.94. The summed E-state index contributed by atoms with van der Waals surface area (Å²) in [6.07, 6.45) is 1.08. The van der Waals surface area contributed by atoms with Crippen molar-refractivity contribution in [3.8, 4) is 0 Å². The van der Waals surface area contributed by atoms with Crippen molar-refractivity contribution in [2.24, 2.45) is 0 Å². The van der Waals surface area contributed by atoms with Gasteiger partial charge in [0.1, 0.15) is 0 Å². The van der Waals surface area contributed by atoms with Crippen LogP contribution in [0.5, 0.6) is 0 Å². The molecule has 0 atom stereocenters. The van der Waals surface area contributed by atoms with Crippen molar-refractivity contribution in [3.63, 3.8) is 0 Å². The average molecular weight is 282 g/mol. The predicted molar refractivity (Wildman–Crippen MR) is 91.4 cm³/mol. The summed E-state index contributed by atoms with van der Waals surface area (Å²) < 4.78 is 0. The van der Waals surface area contributed by atoms with E-state index in [-0.39, 0.29) is 0 Å². The Morgan fingerprint density at radius 1 is 0.950 bits per heavy atom. The van der Waals surface area contributed by atoms with Gasteiger partial charge in [-0.05, 0) is 67.1 Å². The summed E-state index contributed by atoms with van der Waals surface area (Å²) in [6.45, 7) is 12.9. The van der Waals surface area contributed by atoms with Gasteiger partial charge in [-0.15, -0.1) is 0 Å². The van der Waals surface area contributed by atoms with E-state index < -0.39 is 0 Å². The molecule has 0 aliphatic heterocycles. The lowest BCUT2D eigenvalue weighted by molar-refractivity contribution is 1.13. The molecule has 0 aliphatic carbocycles. The summed E-state index contributed by atoms with van der Waals surface area (Å²) in [5, 5.41) is 0. The van der Waals surface area contributed by atoms with Crippen LogP contribution in [0.1, 0.15) is 34.7 Å². The van der Waals surface area contributed by atoms with Gasteiger partial charge in [-0.1, -0.05) is 49.5 Å². The summed E-state index contributed by atoms with van der Waals surface area (Å²) in [7, 11) is 0. The van der Waals surface area contributed by atoms with Gasteiger partial charge in [-0.2, -0.15) is 0 Å². The van der Waals surface area contributed by atoms with Gasteiger partial charge in [0.25, 0.3) is 0 Å². The Hall–Kier alpha value is -1.47. The number of benzene rings is 2. The van der Waals surface area contributed by atoms with Gasteiger partial charge in [-0.3, -0.25) is 0 Å². The molecular formula is C19H22S. The molecule has 1 heteroatoms. The fraction of sp³-hybridized carbons (Fsp3) is 0.263. The maximum Gasteiger partial charge on any atom is 0.0125 e. The van der Waals surface area contributed by atoms with Crippen LogP contribution in [-0.4, -0.2) is 0 Å². The van der Waals surface area contributed by atoms with Crippen LogP contribution in [0.25, 0.3) is 4.91 Å². The van der Waals surface area contributed by atoms with Gasteiger partial charge in [-0.25, -0.2) is 0 Å². The second kappa shape index (κ2) is 6.32. The van der Waals surface area contributed by atoms with Gasteiger partial charge >= 0.3 is 0 Å². The molecule has 0 aromatic heterocycles. The highest BCUT2D eigenvalue weighted by molar-refractivity contribution is 8.08. The van der Waals surface area contributed by atoms with Gasteiger partial charge in [0, 0.05) is 9.80 Å². The van der Waals surface area contributed by atoms with E-state index in [9.17, 15) is 0 Å². The van der Waals surface area contributed by atoms with Crippen molar-refractivity contribution >= 4 is 16.7 Å². The average Bonchev–Trinajstić information content (AvgIpc) is 2.42. The highest BCUT2D eigenvalue weighted by atomic mass is 32.2. The molecule has 0 amide bonds. The van der Waals surface area contributed by atoms with Gasteiger partial charge < -0.3 is 0 Å². The third-order valence-electron chi connectivity index (χ3n) is 3.72. The molecule has 2 rings (SSSR count). The molecule has 0 radical (unpaired) electrons. The molecule has 20 heavy (non-hydrogen) atoms. The fourth-order valence-electron chi connectivity index (χ4n) is 2.23. The quantitative estimate of drug-likeness (QED) is 0.626. The molecule has 2 aromatic carbocycles. The van der Waals surface area contributed by atoms with Crippen molar-refractivity contribution in [1.82, 2.24) is 0 Å². The van der Waals surface area contributed by atoms with E-state index in [0.717, 1.165) is 11.3 Å². The zero-order valence-electron chi connectivity index (χ0n) is 12.8. The number of thioether (sulfide) groups is 1. The first-order valence-electron chi connectivity index (χ1n) is 7.05. The van der Waals surface area contributed by atoms with E-state index in [1.54, 1.807) is 11.8 Å². The molecule has 0 bridgehead atoms. The zero-order valence-corrected chi connectivity index (χ0v) is 13.6. The lowest BCUT2D eigenvalue weighted by atomic mass is 10.0. The summed E-state index contributed by atoms with van der Waals surface area (Å²) in [6, 6.07) is 13.3. The van der Waals surface area contributed by atoms with Crippen molar-refractivity contribution < 1.29 is 0 Å². The van der Waals surface area contributed by atoms with Crippen LogP contribution in [-0.2, 0) is 6.42 Å². The highest BCUT2D eigenvalue weighted by Gasteiger charge is 2.06. The molecular weight excluding hydrogens is 260 g/mol. The molecule has 0 saturated carbocycles. The molecule has 104 valence electrons. The lowest BCUT2D eigenvalue weighted by Gasteiger charge is -2.11. The molecule has 0 unspecified atom stereocenters. The summed E-state index contributed by atoms with van der Waals surface area (Å²) in [5.74, 6) is 0. The number of rotatable bonds is 4. The summed E-state index contributed by atoms with van der Waals surface area (Å²) in [5.41, 5.74) is 6.62. The molecule has 0 saturated heterocycles. The summed E-state index contributed by atoms with van der Waals surface area (Å²) in [4.78, 5) is 2.38. The first-order chi connectivity index (χ1) is 9.51. The smallest absolute Gasteiger partial charge is 0.0125 e. The van der Waals surface area contributed by atoms with E-state index in [1.807, 2.05) is 0 Å². The van der Waals surface area contributed by atoms with Gasteiger partial charge in [0.2, 0.25) is 0 Å². The number of hydrogen-bond donors (Lipinski definition) is 0. The Labute approximate surface area is 126 Å². The van der Waals surface area contributed by atoms with E-state index in [0.29, 0.717) is 0 Å². The summed E-state index contributed by atoms with van der Waals surface area (Å²) >= 11 is 1.75. The van der Waals surface area contributed by atoms with E-state index in [2.05, 4.69) is 70.7 Å². The third-order valence-corrected chi connectivity index (χ3v) is 4.67. The Morgan fingerprint density at radius 3 is 2.30 bits per heavy atom. The molecule has 0 nitrogen and oxygen atoms in total. The molecule has 0 aliphatic rings. The van der Waals surface area contributed by atoms with Crippen LogP contribution in [0, 0.1) is 20.8 Å².